The monoisotopic (exact) mass is 172 g/mol. The SMILES string of the molecule is Cc1cn(C(C)(C)C)c(Cl)n1. The van der Waals surface area contributed by atoms with Gasteiger partial charge in [0.25, 0.3) is 0 Å². The molecule has 1 rings (SSSR count). The quantitative estimate of drug-likeness (QED) is 0.588. The van der Waals surface area contributed by atoms with Crippen LogP contribution in [0.4, 0.5) is 0 Å². The van der Waals surface area contributed by atoms with Crippen molar-refractivity contribution in [2.45, 2.75) is 33.2 Å². The Hall–Kier alpha value is -0.500. The van der Waals surface area contributed by atoms with Gasteiger partial charge in [-0.05, 0) is 39.3 Å². The summed E-state index contributed by atoms with van der Waals surface area (Å²) in [5.74, 6) is 0. The molecule has 0 spiro atoms. The lowest BCUT2D eigenvalue weighted by atomic mass is 10.1. The molecule has 0 fully saturated rings. The number of hydrogen-bond acceptors (Lipinski definition) is 1. The molecule has 0 saturated carbocycles. The predicted molar refractivity (Wildman–Crippen MR) is 47.0 cm³/mol. The molecule has 2 nitrogen and oxygen atoms in total. The van der Waals surface area contributed by atoms with E-state index >= 15 is 0 Å². The lowest BCUT2D eigenvalue weighted by Crippen LogP contribution is -2.20. The summed E-state index contributed by atoms with van der Waals surface area (Å²) in [6.07, 6.45) is 1.96. The second-order valence-electron chi connectivity index (χ2n) is 3.69. The van der Waals surface area contributed by atoms with E-state index in [1.54, 1.807) is 0 Å². The van der Waals surface area contributed by atoms with Crippen LogP contribution in [-0.4, -0.2) is 9.55 Å². The van der Waals surface area contributed by atoms with E-state index < -0.39 is 0 Å². The highest BCUT2D eigenvalue weighted by Gasteiger charge is 2.16. The molecule has 1 aromatic rings. The summed E-state index contributed by atoms with van der Waals surface area (Å²) in [6.45, 7) is 8.23. The average Bonchev–Trinajstić information content (AvgIpc) is 2.08. The summed E-state index contributed by atoms with van der Waals surface area (Å²) in [6, 6.07) is 0. The van der Waals surface area contributed by atoms with Gasteiger partial charge in [0, 0.05) is 11.7 Å². The molecule has 3 heteroatoms. The van der Waals surface area contributed by atoms with Gasteiger partial charge in [-0.3, -0.25) is 0 Å². The van der Waals surface area contributed by atoms with Gasteiger partial charge in [-0.1, -0.05) is 0 Å². The third kappa shape index (κ3) is 1.74. The zero-order valence-corrected chi connectivity index (χ0v) is 8.11. The Labute approximate surface area is 72.2 Å². The van der Waals surface area contributed by atoms with Gasteiger partial charge in [0.15, 0.2) is 0 Å². The molecule has 0 atom stereocenters. The van der Waals surface area contributed by atoms with Gasteiger partial charge in [-0.15, -0.1) is 0 Å². The first-order valence-corrected chi connectivity index (χ1v) is 4.01. The van der Waals surface area contributed by atoms with E-state index in [1.807, 2.05) is 17.7 Å². The third-order valence-corrected chi connectivity index (χ3v) is 1.77. The molecule has 0 bridgehead atoms. The largest absolute Gasteiger partial charge is 0.316 e. The smallest absolute Gasteiger partial charge is 0.203 e. The molecule has 11 heavy (non-hydrogen) atoms. The molecule has 0 aliphatic rings. The van der Waals surface area contributed by atoms with Crippen LogP contribution in [0.25, 0.3) is 0 Å². The molecule has 1 heterocycles. The Balaban J connectivity index is 3.13. The summed E-state index contributed by atoms with van der Waals surface area (Å²) in [4.78, 5) is 4.11. The molecule has 0 aromatic carbocycles. The Kier molecular flexibility index (Phi) is 1.97. The van der Waals surface area contributed by atoms with Gasteiger partial charge in [0.2, 0.25) is 5.28 Å². The number of imidazole rings is 1. The fourth-order valence-corrected chi connectivity index (χ4v) is 1.37. The van der Waals surface area contributed by atoms with Crippen LogP contribution in [-0.2, 0) is 5.54 Å². The maximum absolute atomic E-state index is 5.88. The van der Waals surface area contributed by atoms with Crippen LogP contribution in [0.5, 0.6) is 0 Å². The van der Waals surface area contributed by atoms with E-state index in [9.17, 15) is 0 Å². The first-order chi connectivity index (χ1) is 4.91. The van der Waals surface area contributed by atoms with Gasteiger partial charge in [-0.2, -0.15) is 0 Å². The normalized spacial score (nSPS) is 12.1. The second-order valence-corrected chi connectivity index (χ2v) is 4.03. The molecule has 1 aromatic heterocycles. The van der Waals surface area contributed by atoms with E-state index in [0.717, 1.165) is 5.69 Å². The highest BCUT2D eigenvalue weighted by atomic mass is 35.5. The number of aromatic nitrogens is 2. The molecule has 0 N–H and O–H groups in total. The minimum atomic E-state index is 0.0261. The van der Waals surface area contributed by atoms with Crippen LogP contribution in [0.3, 0.4) is 0 Å². The molecular formula is C8H13ClN2. The van der Waals surface area contributed by atoms with Crippen LogP contribution in [0, 0.1) is 6.92 Å². The highest BCUT2D eigenvalue weighted by Crippen LogP contribution is 2.20. The zero-order valence-electron chi connectivity index (χ0n) is 7.35. The lowest BCUT2D eigenvalue weighted by Gasteiger charge is -2.21. The van der Waals surface area contributed by atoms with Crippen molar-refractivity contribution >= 4 is 11.6 Å². The van der Waals surface area contributed by atoms with Crippen molar-refractivity contribution in [3.05, 3.63) is 17.2 Å². The molecule has 0 amide bonds. The number of hydrogen-bond donors (Lipinski definition) is 0. The minimum absolute atomic E-state index is 0.0261. The predicted octanol–water partition coefficient (Wildman–Crippen LogP) is 2.60. The van der Waals surface area contributed by atoms with Gasteiger partial charge < -0.3 is 4.57 Å². The van der Waals surface area contributed by atoms with Crippen LogP contribution >= 0.6 is 11.6 Å². The fraction of sp³-hybridized carbons (Fsp3) is 0.625. The third-order valence-electron chi connectivity index (χ3n) is 1.51. The van der Waals surface area contributed by atoms with Gasteiger partial charge in [0.1, 0.15) is 0 Å². The fourth-order valence-electron chi connectivity index (χ4n) is 0.939. The van der Waals surface area contributed by atoms with E-state index in [4.69, 9.17) is 11.6 Å². The van der Waals surface area contributed by atoms with Crippen LogP contribution in [0.15, 0.2) is 6.20 Å². The van der Waals surface area contributed by atoms with E-state index in [0.29, 0.717) is 5.28 Å². The van der Waals surface area contributed by atoms with Crippen LogP contribution in [0.1, 0.15) is 26.5 Å². The Morgan fingerprint density at radius 3 is 2.18 bits per heavy atom. The van der Waals surface area contributed by atoms with Crippen molar-refractivity contribution in [1.82, 2.24) is 9.55 Å². The van der Waals surface area contributed by atoms with E-state index in [-0.39, 0.29) is 5.54 Å². The first kappa shape index (κ1) is 8.60. The lowest BCUT2D eigenvalue weighted by molar-refractivity contribution is 0.397. The second kappa shape index (κ2) is 2.52. The summed E-state index contributed by atoms with van der Waals surface area (Å²) < 4.78 is 1.96. The molecule has 0 unspecified atom stereocenters. The van der Waals surface area contributed by atoms with E-state index in [1.165, 1.54) is 0 Å². The molecule has 0 radical (unpaired) electrons. The average molecular weight is 173 g/mol. The Bertz CT molecular complexity index is 258. The van der Waals surface area contributed by atoms with Crippen molar-refractivity contribution in [3.8, 4) is 0 Å². The van der Waals surface area contributed by atoms with Gasteiger partial charge >= 0.3 is 0 Å². The molecule has 0 aliphatic heterocycles. The maximum Gasteiger partial charge on any atom is 0.203 e. The van der Waals surface area contributed by atoms with Crippen molar-refractivity contribution < 1.29 is 0 Å². The topological polar surface area (TPSA) is 17.8 Å². The number of nitrogens with zero attached hydrogens (tertiary/aromatic N) is 2. The summed E-state index contributed by atoms with van der Waals surface area (Å²) >= 11 is 5.88. The first-order valence-electron chi connectivity index (χ1n) is 3.63. The van der Waals surface area contributed by atoms with Crippen molar-refractivity contribution in [2.24, 2.45) is 0 Å². The Morgan fingerprint density at radius 2 is 2.00 bits per heavy atom. The Morgan fingerprint density at radius 1 is 1.45 bits per heavy atom. The van der Waals surface area contributed by atoms with Crippen LogP contribution in [0.2, 0.25) is 5.28 Å². The highest BCUT2D eigenvalue weighted by molar-refractivity contribution is 6.28. The summed E-state index contributed by atoms with van der Waals surface area (Å²) in [7, 11) is 0. The zero-order chi connectivity index (χ0) is 8.65. The van der Waals surface area contributed by atoms with Crippen LogP contribution < -0.4 is 0 Å². The van der Waals surface area contributed by atoms with Gasteiger partial charge in [0.05, 0.1) is 5.69 Å². The number of halogens is 1. The minimum Gasteiger partial charge on any atom is -0.316 e. The van der Waals surface area contributed by atoms with Gasteiger partial charge in [-0.25, -0.2) is 4.98 Å². The number of aryl methyl sites for hydroxylation is 1. The standard InChI is InChI=1S/C8H13ClN2/c1-6-5-11(7(9)10-6)8(2,3)4/h5H,1-4H3. The maximum atomic E-state index is 5.88. The molecule has 0 saturated heterocycles. The molecule has 62 valence electrons. The summed E-state index contributed by atoms with van der Waals surface area (Å²) in [5, 5.41) is 0.565. The van der Waals surface area contributed by atoms with Crippen molar-refractivity contribution in [3.63, 3.8) is 0 Å². The molecular weight excluding hydrogens is 160 g/mol. The van der Waals surface area contributed by atoms with Crippen molar-refractivity contribution in [1.29, 1.82) is 0 Å². The van der Waals surface area contributed by atoms with Crippen molar-refractivity contribution in [2.75, 3.05) is 0 Å². The van der Waals surface area contributed by atoms with E-state index in [2.05, 4.69) is 25.8 Å². The molecule has 0 aliphatic carbocycles. The number of rotatable bonds is 0. The summed E-state index contributed by atoms with van der Waals surface area (Å²) in [5.41, 5.74) is 0.989.